The summed E-state index contributed by atoms with van der Waals surface area (Å²) >= 11 is 1.36. The molecule has 0 unspecified atom stereocenters. The largest absolute Gasteiger partial charge is 0.465 e. The minimum atomic E-state index is -0.456. The SMILES string of the molecule is CCOC(=O)Cn1c(=NC(=O)c2ccc(C(=O)c3ccccc3)cc2)sc2c3ccccc3ccc21. The number of benzene rings is 4. The van der Waals surface area contributed by atoms with Gasteiger partial charge in [0.1, 0.15) is 6.54 Å². The molecular formula is C29H22N2O4S. The first-order valence-electron chi connectivity index (χ1n) is 11.5. The van der Waals surface area contributed by atoms with E-state index in [1.807, 2.05) is 54.6 Å². The number of ether oxygens (including phenoxy) is 1. The Morgan fingerprint density at radius 1 is 0.806 bits per heavy atom. The van der Waals surface area contributed by atoms with E-state index in [2.05, 4.69) is 4.99 Å². The first-order chi connectivity index (χ1) is 17.5. The molecule has 0 saturated heterocycles. The minimum Gasteiger partial charge on any atom is -0.465 e. The molecule has 0 saturated carbocycles. The highest BCUT2D eigenvalue weighted by Gasteiger charge is 2.15. The smallest absolute Gasteiger partial charge is 0.326 e. The average molecular weight is 495 g/mol. The van der Waals surface area contributed by atoms with E-state index in [9.17, 15) is 14.4 Å². The van der Waals surface area contributed by atoms with Crippen LogP contribution in [0.4, 0.5) is 0 Å². The fourth-order valence-corrected chi connectivity index (χ4v) is 5.21. The summed E-state index contributed by atoms with van der Waals surface area (Å²) in [6, 6.07) is 27.3. The van der Waals surface area contributed by atoms with E-state index in [4.69, 9.17) is 4.74 Å². The summed E-state index contributed by atoms with van der Waals surface area (Å²) in [5.74, 6) is -0.972. The molecule has 0 aliphatic rings. The van der Waals surface area contributed by atoms with Crippen molar-refractivity contribution in [2.24, 2.45) is 4.99 Å². The quantitative estimate of drug-likeness (QED) is 0.234. The molecule has 7 heteroatoms. The number of hydrogen-bond acceptors (Lipinski definition) is 5. The topological polar surface area (TPSA) is 77.7 Å². The number of nitrogens with zero attached hydrogens (tertiary/aromatic N) is 2. The molecule has 0 radical (unpaired) electrons. The van der Waals surface area contributed by atoms with Crippen LogP contribution in [-0.4, -0.2) is 28.8 Å². The lowest BCUT2D eigenvalue weighted by Gasteiger charge is -2.06. The maximum Gasteiger partial charge on any atom is 0.326 e. The normalized spacial score (nSPS) is 11.6. The Bertz CT molecular complexity index is 1670. The zero-order valence-corrected chi connectivity index (χ0v) is 20.3. The van der Waals surface area contributed by atoms with E-state index in [0.29, 0.717) is 21.5 Å². The van der Waals surface area contributed by atoms with Crippen LogP contribution in [0.3, 0.4) is 0 Å². The van der Waals surface area contributed by atoms with Crippen LogP contribution in [0.1, 0.15) is 33.2 Å². The first kappa shape index (κ1) is 23.4. The standard InChI is InChI=1S/C29H22N2O4S/c1-2-35-25(32)18-31-24-17-16-19-8-6-7-11-23(19)27(24)36-29(31)30-28(34)22-14-12-21(13-15-22)26(33)20-9-4-3-5-10-20/h3-17H,2,18H2,1H3. The first-order valence-corrected chi connectivity index (χ1v) is 12.3. The van der Waals surface area contributed by atoms with E-state index in [1.165, 1.54) is 11.3 Å². The van der Waals surface area contributed by atoms with Crippen LogP contribution < -0.4 is 4.80 Å². The number of rotatable bonds is 6. The van der Waals surface area contributed by atoms with E-state index >= 15 is 0 Å². The zero-order valence-electron chi connectivity index (χ0n) is 19.5. The van der Waals surface area contributed by atoms with Crippen LogP contribution in [0.2, 0.25) is 0 Å². The van der Waals surface area contributed by atoms with Gasteiger partial charge in [-0.05, 0) is 30.5 Å². The van der Waals surface area contributed by atoms with Gasteiger partial charge in [-0.15, -0.1) is 0 Å². The Morgan fingerprint density at radius 2 is 1.47 bits per heavy atom. The second kappa shape index (κ2) is 10.1. The van der Waals surface area contributed by atoms with Gasteiger partial charge in [-0.25, -0.2) is 0 Å². The van der Waals surface area contributed by atoms with E-state index < -0.39 is 11.9 Å². The number of esters is 1. The van der Waals surface area contributed by atoms with Crippen molar-refractivity contribution < 1.29 is 19.1 Å². The van der Waals surface area contributed by atoms with E-state index in [1.54, 1.807) is 47.9 Å². The van der Waals surface area contributed by atoms with Crippen molar-refractivity contribution in [3.8, 4) is 0 Å². The average Bonchev–Trinajstić information content (AvgIpc) is 3.26. The summed E-state index contributed by atoms with van der Waals surface area (Å²) in [6.07, 6.45) is 0. The monoisotopic (exact) mass is 494 g/mol. The van der Waals surface area contributed by atoms with Gasteiger partial charge in [0.25, 0.3) is 5.91 Å². The van der Waals surface area contributed by atoms with Gasteiger partial charge in [0.2, 0.25) is 0 Å². The molecule has 0 bridgehead atoms. The van der Waals surface area contributed by atoms with Crippen LogP contribution in [0, 0.1) is 0 Å². The lowest BCUT2D eigenvalue weighted by molar-refractivity contribution is -0.143. The van der Waals surface area contributed by atoms with Gasteiger partial charge in [-0.3, -0.25) is 14.4 Å². The van der Waals surface area contributed by atoms with Gasteiger partial charge in [0.05, 0.1) is 16.8 Å². The molecule has 5 aromatic rings. The lowest BCUT2D eigenvalue weighted by atomic mass is 10.0. The maximum absolute atomic E-state index is 13.1. The third-order valence-corrected chi connectivity index (χ3v) is 6.92. The second-order valence-corrected chi connectivity index (χ2v) is 9.08. The number of fused-ring (bicyclic) bond motifs is 3. The molecule has 0 aliphatic carbocycles. The van der Waals surface area contributed by atoms with Gasteiger partial charge >= 0.3 is 5.97 Å². The fraction of sp³-hybridized carbons (Fsp3) is 0.103. The molecule has 0 atom stereocenters. The lowest BCUT2D eigenvalue weighted by Crippen LogP contribution is -2.23. The van der Waals surface area contributed by atoms with Gasteiger partial charge < -0.3 is 9.30 Å². The molecule has 0 spiro atoms. The molecule has 36 heavy (non-hydrogen) atoms. The summed E-state index contributed by atoms with van der Waals surface area (Å²) < 4.78 is 7.81. The van der Waals surface area contributed by atoms with Crippen molar-refractivity contribution in [3.63, 3.8) is 0 Å². The number of aromatic nitrogens is 1. The molecule has 1 heterocycles. The van der Waals surface area contributed by atoms with Crippen molar-refractivity contribution in [2.75, 3.05) is 6.61 Å². The third kappa shape index (κ3) is 4.61. The summed E-state index contributed by atoms with van der Waals surface area (Å²) in [5, 5.41) is 2.08. The molecule has 4 aromatic carbocycles. The van der Waals surface area contributed by atoms with Crippen molar-refractivity contribution in [2.45, 2.75) is 13.5 Å². The third-order valence-electron chi connectivity index (χ3n) is 5.79. The number of carbonyl (C=O) groups is 3. The molecule has 0 fully saturated rings. The number of ketones is 1. The number of carbonyl (C=O) groups excluding carboxylic acids is 3. The van der Waals surface area contributed by atoms with E-state index in [0.717, 1.165) is 21.0 Å². The Kier molecular flexibility index (Phi) is 6.56. The Morgan fingerprint density at radius 3 is 2.22 bits per heavy atom. The minimum absolute atomic E-state index is 0.0528. The summed E-state index contributed by atoms with van der Waals surface area (Å²) in [6.45, 7) is 1.97. The Balaban J connectivity index is 1.54. The highest BCUT2D eigenvalue weighted by Crippen LogP contribution is 2.27. The van der Waals surface area contributed by atoms with Crippen LogP contribution in [0.15, 0.2) is 96.0 Å². The molecule has 6 nitrogen and oxygen atoms in total. The van der Waals surface area contributed by atoms with Gasteiger partial charge in [-0.1, -0.05) is 84.1 Å². The van der Waals surface area contributed by atoms with Gasteiger partial charge in [0.15, 0.2) is 10.6 Å². The van der Waals surface area contributed by atoms with Crippen LogP contribution in [-0.2, 0) is 16.1 Å². The predicted molar refractivity (Wildman–Crippen MR) is 140 cm³/mol. The van der Waals surface area contributed by atoms with Gasteiger partial charge in [0, 0.05) is 22.1 Å². The number of amides is 1. The Labute approximate surface area is 211 Å². The Hall–Kier alpha value is -4.36. The van der Waals surface area contributed by atoms with Crippen LogP contribution in [0.5, 0.6) is 0 Å². The van der Waals surface area contributed by atoms with Crippen LogP contribution in [0.25, 0.3) is 21.0 Å². The fourth-order valence-electron chi connectivity index (χ4n) is 4.04. The molecule has 178 valence electrons. The highest BCUT2D eigenvalue weighted by atomic mass is 32.1. The van der Waals surface area contributed by atoms with Crippen LogP contribution >= 0.6 is 11.3 Å². The second-order valence-electron chi connectivity index (χ2n) is 8.10. The number of thiazole rings is 1. The molecule has 1 amide bonds. The predicted octanol–water partition coefficient (Wildman–Crippen LogP) is 5.39. The maximum atomic E-state index is 13.1. The number of hydrogen-bond donors (Lipinski definition) is 0. The van der Waals surface area contributed by atoms with E-state index in [-0.39, 0.29) is 18.9 Å². The molecule has 0 N–H and O–H groups in total. The van der Waals surface area contributed by atoms with Crippen molar-refractivity contribution >= 4 is 50.0 Å². The summed E-state index contributed by atoms with van der Waals surface area (Å²) in [5.41, 5.74) is 2.23. The zero-order chi connectivity index (χ0) is 25.1. The molecule has 5 rings (SSSR count). The summed E-state index contributed by atoms with van der Waals surface area (Å²) in [7, 11) is 0. The molecule has 1 aromatic heterocycles. The van der Waals surface area contributed by atoms with Crippen molar-refractivity contribution in [1.82, 2.24) is 4.57 Å². The van der Waals surface area contributed by atoms with Gasteiger partial charge in [-0.2, -0.15) is 4.99 Å². The van der Waals surface area contributed by atoms with Crippen molar-refractivity contribution in [1.29, 1.82) is 0 Å². The molecule has 0 aliphatic heterocycles. The molecular weight excluding hydrogens is 472 g/mol. The summed E-state index contributed by atoms with van der Waals surface area (Å²) in [4.78, 5) is 42.9. The highest BCUT2D eigenvalue weighted by molar-refractivity contribution is 7.17. The van der Waals surface area contributed by atoms with Crippen molar-refractivity contribution in [3.05, 3.63) is 112 Å².